The molecule has 0 radical (unpaired) electrons. The van der Waals surface area contributed by atoms with Gasteiger partial charge in [-0.1, -0.05) is 24.4 Å². The minimum atomic E-state index is -0.201. The van der Waals surface area contributed by atoms with Gasteiger partial charge in [-0.25, -0.2) is 4.98 Å². The summed E-state index contributed by atoms with van der Waals surface area (Å²) >= 11 is 5.97. The Kier molecular flexibility index (Phi) is 4.42. The predicted molar refractivity (Wildman–Crippen MR) is 73.1 cm³/mol. The monoisotopic (exact) mass is 267 g/mol. The second-order valence-electron chi connectivity index (χ2n) is 4.62. The van der Waals surface area contributed by atoms with Crippen molar-refractivity contribution in [2.75, 3.05) is 18.9 Å². The molecule has 2 rings (SSSR count). The van der Waals surface area contributed by atoms with Crippen molar-refractivity contribution in [3.63, 3.8) is 0 Å². The van der Waals surface area contributed by atoms with Gasteiger partial charge < -0.3 is 10.6 Å². The SMILES string of the molecule is CNc1ccc(Cl)c(C(=O)NCCCC2CC2)n1. The second-order valence-corrected chi connectivity index (χ2v) is 5.03. The number of anilines is 1. The number of pyridine rings is 1. The summed E-state index contributed by atoms with van der Waals surface area (Å²) in [5, 5.41) is 6.13. The quantitative estimate of drug-likeness (QED) is 0.779. The van der Waals surface area contributed by atoms with Crippen LogP contribution in [-0.2, 0) is 0 Å². The zero-order valence-electron chi connectivity index (χ0n) is 10.5. The molecular formula is C13H18ClN3O. The Morgan fingerprint density at radius 3 is 2.94 bits per heavy atom. The van der Waals surface area contributed by atoms with E-state index in [4.69, 9.17) is 11.6 Å². The Bertz CT molecular complexity index is 432. The second kappa shape index (κ2) is 6.05. The molecule has 0 aliphatic heterocycles. The number of amides is 1. The summed E-state index contributed by atoms with van der Waals surface area (Å²) in [6.45, 7) is 0.692. The highest BCUT2D eigenvalue weighted by atomic mass is 35.5. The van der Waals surface area contributed by atoms with E-state index in [2.05, 4.69) is 15.6 Å². The topological polar surface area (TPSA) is 54.0 Å². The van der Waals surface area contributed by atoms with Gasteiger partial charge in [-0.15, -0.1) is 0 Å². The first-order chi connectivity index (χ1) is 8.70. The predicted octanol–water partition coefficient (Wildman–Crippen LogP) is 2.70. The molecule has 2 N–H and O–H groups in total. The van der Waals surface area contributed by atoms with E-state index < -0.39 is 0 Å². The van der Waals surface area contributed by atoms with E-state index in [9.17, 15) is 4.79 Å². The summed E-state index contributed by atoms with van der Waals surface area (Å²) in [5.74, 6) is 1.34. The van der Waals surface area contributed by atoms with E-state index in [-0.39, 0.29) is 11.6 Å². The van der Waals surface area contributed by atoms with Crippen LogP contribution in [0.4, 0.5) is 5.82 Å². The van der Waals surface area contributed by atoms with Crippen molar-refractivity contribution in [1.29, 1.82) is 0 Å². The number of carbonyl (C=O) groups is 1. The van der Waals surface area contributed by atoms with E-state index in [1.807, 2.05) is 0 Å². The number of halogens is 1. The van der Waals surface area contributed by atoms with Gasteiger partial charge in [-0.05, 0) is 30.9 Å². The molecule has 4 nitrogen and oxygen atoms in total. The minimum absolute atomic E-state index is 0.201. The lowest BCUT2D eigenvalue weighted by atomic mass is 10.2. The molecule has 0 spiro atoms. The highest BCUT2D eigenvalue weighted by molar-refractivity contribution is 6.33. The average molecular weight is 268 g/mol. The van der Waals surface area contributed by atoms with E-state index in [0.29, 0.717) is 17.4 Å². The van der Waals surface area contributed by atoms with E-state index in [0.717, 1.165) is 12.3 Å². The molecule has 1 aromatic heterocycles. The third-order valence-electron chi connectivity index (χ3n) is 3.09. The Balaban J connectivity index is 1.86. The highest BCUT2D eigenvalue weighted by Gasteiger charge is 2.20. The number of nitrogens with one attached hydrogen (secondary N) is 2. The van der Waals surface area contributed by atoms with Crippen molar-refractivity contribution in [1.82, 2.24) is 10.3 Å². The van der Waals surface area contributed by atoms with E-state index >= 15 is 0 Å². The summed E-state index contributed by atoms with van der Waals surface area (Å²) in [4.78, 5) is 16.1. The Morgan fingerprint density at radius 2 is 2.28 bits per heavy atom. The van der Waals surface area contributed by atoms with Crippen LogP contribution in [0.3, 0.4) is 0 Å². The molecule has 1 aromatic rings. The van der Waals surface area contributed by atoms with Crippen molar-refractivity contribution in [3.8, 4) is 0 Å². The fourth-order valence-corrected chi connectivity index (χ4v) is 2.01. The molecule has 1 heterocycles. The van der Waals surface area contributed by atoms with Gasteiger partial charge in [0.25, 0.3) is 5.91 Å². The highest BCUT2D eigenvalue weighted by Crippen LogP contribution is 2.33. The van der Waals surface area contributed by atoms with Crippen LogP contribution in [0.15, 0.2) is 12.1 Å². The number of nitrogens with zero attached hydrogens (tertiary/aromatic N) is 1. The van der Waals surface area contributed by atoms with Gasteiger partial charge in [0.1, 0.15) is 11.5 Å². The first-order valence-electron chi connectivity index (χ1n) is 6.33. The number of aromatic nitrogens is 1. The summed E-state index contributed by atoms with van der Waals surface area (Å²) < 4.78 is 0. The summed E-state index contributed by atoms with van der Waals surface area (Å²) in [7, 11) is 1.76. The largest absolute Gasteiger partial charge is 0.373 e. The zero-order chi connectivity index (χ0) is 13.0. The van der Waals surface area contributed by atoms with Crippen molar-refractivity contribution >= 4 is 23.3 Å². The van der Waals surface area contributed by atoms with Gasteiger partial charge in [0.15, 0.2) is 0 Å². The molecule has 1 aliphatic rings. The molecular weight excluding hydrogens is 250 g/mol. The molecule has 98 valence electrons. The lowest BCUT2D eigenvalue weighted by molar-refractivity contribution is 0.0948. The smallest absolute Gasteiger partial charge is 0.271 e. The standard InChI is InChI=1S/C13H18ClN3O/c1-15-11-7-6-10(14)12(17-11)13(18)16-8-2-3-9-4-5-9/h6-7,9H,2-5,8H2,1H3,(H,15,17)(H,16,18). The van der Waals surface area contributed by atoms with Crippen LogP contribution >= 0.6 is 11.6 Å². The van der Waals surface area contributed by atoms with Gasteiger partial charge >= 0.3 is 0 Å². The Labute approximate surface area is 112 Å². The van der Waals surface area contributed by atoms with Gasteiger partial charge in [-0.3, -0.25) is 4.79 Å². The first kappa shape index (κ1) is 13.1. The molecule has 18 heavy (non-hydrogen) atoms. The molecule has 0 atom stereocenters. The number of hydrogen-bond donors (Lipinski definition) is 2. The Hall–Kier alpha value is -1.29. The van der Waals surface area contributed by atoms with Gasteiger partial charge in [0.05, 0.1) is 5.02 Å². The van der Waals surface area contributed by atoms with Crippen LogP contribution in [-0.4, -0.2) is 24.5 Å². The zero-order valence-corrected chi connectivity index (χ0v) is 11.3. The summed E-state index contributed by atoms with van der Waals surface area (Å²) in [6.07, 6.45) is 4.94. The molecule has 0 saturated heterocycles. The van der Waals surface area contributed by atoms with Crippen molar-refractivity contribution < 1.29 is 4.79 Å². The maximum atomic E-state index is 11.9. The molecule has 1 amide bonds. The number of carbonyl (C=O) groups excluding carboxylic acids is 1. The van der Waals surface area contributed by atoms with Crippen LogP contribution < -0.4 is 10.6 Å². The van der Waals surface area contributed by atoms with Crippen LogP contribution in [0, 0.1) is 5.92 Å². The van der Waals surface area contributed by atoms with Crippen molar-refractivity contribution in [2.24, 2.45) is 5.92 Å². The van der Waals surface area contributed by atoms with Crippen molar-refractivity contribution in [2.45, 2.75) is 25.7 Å². The van der Waals surface area contributed by atoms with Gasteiger partial charge in [-0.2, -0.15) is 0 Å². The minimum Gasteiger partial charge on any atom is -0.373 e. The molecule has 0 aromatic carbocycles. The molecule has 1 aliphatic carbocycles. The van der Waals surface area contributed by atoms with E-state index in [1.54, 1.807) is 19.2 Å². The molecule has 0 unspecified atom stereocenters. The average Bonchev–Trinajstić information content (AvgIpc) is 3.19. The van der Waals surface area contributed by atoms with Gasteiger partial charge in [0, 0.05) is 13.6 Å². The normalized spacial score (nSPS) is 14.3. The maximum Gasteiger partial charge on any atom is 0.271 e. The Morgan fingerprint density at radius 1 is 1.50 bits per heavy atom. The summed E-state index contributed by atoms with van der Waals surface area (Å²) in [6, 6.07) is 3.42. The molecule has 5 heteroatoms. The van der Waals surface area contributed by atoms with Crippen LogP contribution in [0.2, 0.25) is 5.02 Å². The number of rotatable bonds is 6. The molecule has 1 fully saturated rings. The van der Waals surface area contributed by atoms with Gasteiger partial charge in [0.2, 0.25) is 0 Å². The fourth-order valence-electron chi connectivity index (χ4n) is 1.82. The van der Waals surface area contributed by atoms with E-state index in [1.165, 1.54) is 19.3 Å². The third-order valence-corrected chi connectivity index (χ3v) is 3.39. The summed E-state index contributed by atoms with van der Waals surface area (Å²) in [5.41, 5.74) is 0.287. The third kappa shape index (κ3) is 3.60. The van der Waals surface area contributed by atoms with Crippen molar-refractivity contribution in [3.05, 3.63) is 22.8 Å². The fraction of sp³-hybridized carbons (Fsp3) is 0.538. The first-order valence-corrected chi connectivity index (χ1v) is 6.71. The lowest BCUT2D eigenvalue weighted by Crippen LogP contribution is -2.26. The molecule has 0 bridgehead atoms. The molecule has 1 saturated carbocycles. The van der Waals surface area contributed by atoms with Crippen LogP contribution in [0.25, 0.3) is 0 Å². The lowest BCUT2D eigenvalue weighted by Gasteiger charge is -2.07. The van der Waals surface area contributed by atoms with Crippen LogP contribution in [0.1, 0.15) is 36.2 Å². The van der Waals surface area contributed by atoms with Crippen LogP contribution in [0.5, 0.6) is 0 Å². The number of hydrogen-bond acceptors (Lipinski definition) is 3. The maximum absolute atomic E-state index is 11.9.